The van der Waals surface area contributed by atoms with Crippen molar-refractivity contribution < 1.29 is 0 Å². The normalized spacial score (nSPS) is 32.2. The highest BCUT2D eigenvalue weighted by Crippen LogP contribution is 2.42. The van der Waals surface area contributed by atoms with Gasteiger partial charge in [0.2, 0.25) is 0 Å². The van der Waals surface area contributed by atoms with E-state index in [2.05, 4.69) is 41.9 Å². The molecule has 0 radical (unpaired) electrons. The standard InChI is InChI=1S/C15H21NS/c1-11(7-15-3-2-6-17-15)16-10-14-9-12-4-5-13(14)8-12/h2-6,11-14,16H,7-10H2,1H3. The quantitative estimate of drug-likeness (QED) is 0.786. The third-order valence-electron chi connectivity index (χ3n) is 4.23. The van der Waals surface area contributed by atoms with Crippen LogP contribution in [-0.4, -0.2) is 12.6 Å². The molecular weight excluding hydrogens is 226 g/mol. The van der Waals surface area contributed by atoms with Gasteiger partial charge in [0.1, 0.15) is 0 Å². The van der Waals surface area contributed by atoms with Gasteiger partial charge in [-0.25, -0.2) is 0 Å². The Morgan fingerprint density at radius 2 is 2.35 bits per heavy atom. The summed E-state index contributed by atoms with van der Waals surface area (Å²) in [5.74, 6) is 2.68. The Morgan fingerprint density at radius 1 is 1.41 bits per heavy atom. The Bertz CT molecular complexity index is 382. The van der Waals surface area contributed by atoms with E-state index in [1.165, 1.54) is 30.7 Å². The lowest BCUT2D eigenvalue weighted by atomic mass is 9.93. The second-order valence-corrected chi connectivity index (χ2v) is 6.67. The Balaban J connectivity index is 1.44. The Kier molecular flexibility index (Phi) is 3.34. The van der Waals surface area contributed by atoms with Crippen LogP contribution < -0.4 is 5.32 Å². The fourth-order valence-corrected chi connectivity index (χ4v) is 4.12. The molecule has 1 aromatic rings. The maximum Gasteiger partial charge on any atom is 0.00871 e. The molecular formula is C15H21NS. The molecule has 0 amide bonds. The van der Waals surface area contributed by atoms with E-state index in [-0.39, 0.29) is 0 Å². The fraction of sp³-hybridized carbons (Fsp3) is 0.600. The van der Waals surface area contributed by atoms with E-state index < -0.39 is 0 Å². The van der Waals surface area contributed by atoms with Crippen molar-refractivity contribution in [1.82, 2.24) is 5.32 Å². The van der Waals surface area contributed by atoms with Gasteiger partial charge in [0.25, 0.3) is 0 Å². The van der Waals surface area contributed by atoms with E-state index >= 15 is 0 Å². The molecule has 2 bridgehead atoms. The average molecular weight is 247 g/mol. The first kappa shape index (κ1) is 11.5. The third kappa shape index (κ3) is 2.63. The molecule has 0 spiro atoms. The van der Waals surface area contributed by atoms with E-state index in [1.807, 2.05) is 11.3 Å². The first-order chi connectivity index (χ1) is 8.31. The van der Waals surface area contributed by atoms with Crippen LogP contribution in [0.5, 0.6) is 0 Å². The zero-order valence-corrected chi connectivity index (χ0v) is 11.2. The van der Waals surface area contributed by atoms with Crippen LogP contribution in [0, 0.1) is 17.8 Å². The van der Waals surface area contributed by atoms with Crippen LogP contribution in [0.2, 0.25) is 0 Å². The van der Waals surface area contributed by atoms with Crippen molar-refractivity contribution >= 4 is 11.3 Å². The van der Waals surface area contributed by atoms with Gasteiger partial charge in [0, 0.05) is 10.9 Å². The van der Waals surface area contributed by atoms with E-state index in [0.29, 0.717) is 6.04 Å². The fourth-order valence-electron chi connectivity index (χ4n) is 3.28. The van der Waals surface area contributed by atoms with Crippen LogP contribution in [0.3, 0.4) is 0 Å². The van der Waals surface area contributed by atoms with Crippen molar-refractivity contribution in [3.05, 3.63) is 34.5 Å². The molecule has 2 aliphatic carbocycles. The Hall–Kier alpha value is -0.600. The maximum absolute atomic E-state index is 3.72. The van der Waals surface area contributed by atoms with Gasteiger partial charge >= 0.3 is 0 Å². The molecule has 1 heterocycles. The van der Waals surface area contributed by atoms with E-state index in [9.17, 15) is 0 Å². The van der Waals surface area contributed by atoms with E-state index in [0.717, 1.165) is 17.8 Å². The predicted octanol–water partition coefficient (Wildman–Crippen LogP) is 3.48. The Labute approximate surface area is 108 Å². The van der Waals surface area contributed by atoms with Crippen molar-refractivity contribution in [2.24, 2.45) is 17.8 Å². The summed E-state index contributed by atoms with van der Waals surface area (Å²) < 4.78 is 0. The smallest absolute Gasteiger partial charge is 0.00871 e. The zero-order chi connectivity index (χ0) is 11.7. The molecule has 0 aliphatic heterocycles. The minimum absolute atomic E-state index is 0.608. The highest BCUT2D eigenvalue weighted by molar-refractivity contribution is 7.09. The molecule has 17 heavy (non-hydrogen) atoms. The monoisotopic (exact) mass is 247 g/mol. The van der Waals surface area contributed by atoms with Gasteiger partial charge in [-0.05, 0) is 61.9 Å². The Morgan fingerprint density at radius 3 is 3.00 bits per heavy atom. The van der Waals surface area contributed by atoms with E-state index in [4.69, 9.17) is 0 Å². The number of rotatable bonds is 5. The first-order valence-electron chi connectivity index (χ1n) is 6.75. The first-order valence-corrected chi connectivity index (χ1v) is 7.63. The van der Waals surface area contributed by atoms with Gasteiger partial charge < -0.3 is 5.32 Å². The summed E-state index contributed by atoms with van der Waals surface area (Å²) in [4.78, 5) is 1.50. The van der Waals surface area contributed by atoms with Crippen LogP contribution in [0.25, 0.3) is 0 Å². The number of hydrogen-bond acceptors (Lipinski definition) is 2. The summed E-state index contributed by atoms with van der Waals surface area (Å²) >= 11 is 1.87. The highest BCUT2D eigenvalue weighted by Gasteiger charge is 2.35. The molecule has 0 aromatic carbocycles. The molecule has 2 heteroatoms. The summed E-state index contributed by atoms with van der Waals surface area (Å²) in [7, 11) is 0. The van der Waals surface area contributed by atoms with Crippen LogP contribution in [0.1, 0.15) is 24.6 Å². The number of fused-ring (bicyclic) bond motifs is 2. The largest absolute Gasteiger partial charge is 0.314 e. The van der Waals surface area contributed by atoms with Gasteiger partial charge in [-0.15, -0.1) is 11.3 Å². The molecule has 1 saturated carbocycles. The SMILES string of the molecule is CC(Cc1cccs1)NCC1CC2C=CC1C2. The van der Waals surface area contributed by atoms with Crippen molar-refractivity contribution in [1.29, 1.82) is 0 Å². The second-order valence-electron chi connectivity index (χ2n) is 5.63. The minimum Gasteiger partial charge on any atom is -0.314 e. The molecule has 1 nitrogen and oxygen atoms in total. The van der Waals surface area contributed by atoms with Crippen molar-refractivity contribution in [2.75, 3.05) is 6.54 Å². The van der Waals surface area contributed by atoms with Crippen LogP contribution in [-0.2, 0) is 6.42 Å². The van der Waals surface area contributed by atoms with Crippen LogP contribution in [0.4, 0.5) is 0 Å². The molecule has 92 valence electrons. The number of hydrogen-bond donors (Lipinski definition) is 1. The van der Waals surface area contributed by atoms with Gasteiger partial charge in [-0.3, -0.25) is 0 Å². The van der Waals surface area contributed by atoms with Crippen molar-refractivity contribution in [3.8, 4) is 0 Å². The van der Waals surface area contributed by atoms with Gasteiger partial charge in [-0.1, -0.05) is 18.2 Å². The maximum atomic E-state index is 3.72. The zero-order valence-electron chi connectivity index (χ0n) is 10.4. The topological polar surface area (TPSA) is 12.0 Å². The number of nitrogens with one attached hydrogen (secondary N) is 1. The lowest BCUT2D eigenvalue weighted by molar-refractivity contribution is 0.389. The third-order valence-corrected chi connectivity index (χ3v) is 5.13. The summed E-state index contributed by atoms with van der Waals surface area (Å²) in [5.41, 5.74) is 0. The molecule has 4 unspecified atom stereocenters. The molecule has 1 aromatic heterocycles. The molecule has 3 rings (SSSR count). The summed E-state index contributed by atoms with van der Waals surface area (Å²) in [6.07, 6.45) is 8.89. The number of allylic oxidation sites excluding steroid dienone is 2. The summed E-state index contributed by atoms with van der Waals surface area (Å²) in [5, 5.41) is 5.89. The predicted molar refractivity (Wildman–Crippen MR) is 74.3 cm³/mol. The molecule has 1 N–H and O–H groups in total. The van der Waals surface area contributed by atoms with Gasteiger partial charge in [0.05, 0.1) is 0 Å². The summed E-state index contributed by atoms with van der Waals surface area (Å²) in [6, 6.07) is 4.99. The second kappa shape index (κ2) is 4.95. The van der Waals surface area contributed by atoms with E-state index in [1.54, 1.807) is 0 Å². The van der Waals surface area contributed by atoms with Gasteiger partial charge in [0.15, 0.2) is 0 Å². The average Bonchev–Trinajstić information content (AvgIpc) is 3.02. The molecule has 0 saturated heterocycles. The minimum atomic E-state index is 0.608. The molecule has 4 atom stereocenters. The van der Waals surface area contributed by atoms with Crippen molar-refractivity contribution in [3.63, 3.8) is 0 Å². The van der Waals surface area contributed by atoms with Crippen LogP contribution >= 0.6 is 11.3 Å². The van der Waals surface area contributed by atoms with Crippen molar-refractivity contribution in [2.45, 2.75) is 32.2 Å². The molecule has 2 aliphatic rings. The highest BCUT2D eigenvalue weighted by atomic mass is 32.1. The molecule has 1 fully saturated rings. The van der Waals surface area contributed by atoms with Gasteiger partial charge in [-0.2, -0.15) is 0 Å². The summed E-state index contributed by atoms with van der Waals surface area (Å²) in [6.45, 7) is 3.51. The van der Waals surface area contributed by atoms with Crippen LogP contribution in [0.15, 0.2) is 29.7 Å². The lowest BCUT2D eigenvalue weighted by Crippen LogP contribution is -2.33. The lowest BCUT2D eigenvalue weighted by Gasteiger charge is -2.21. The number of thiophene rings is 1.